The maximum absolute atomic E-state index is 14.0. The highest BCUT2D eigenvalue weighted by Crippen LogP contribution is 2.26. The Morgan fingerprint density at radius 2 is 2.00 bits per heavy atom. The second kappa shape index (κ2) is 10.5. The summed E-state index contributed by atoms with van der Waals surface area (Å²) in [4.78, 5) is 42.5. The van der Waals surface area contributed by atoms with Crippen LogP contribution in [-0.4, -0.2) is 65.0 Å². The summed E-state index contributed by atoms with van der Waals surface area (Å²) in [5.74, 6) is -1.01. The summed E-state index contributed by atoms with van der Waals surface area (Å²) in [6.45, 7) is 2.02. The first-order chi connectivity index (χ1) is 14.9. The molecular weight excluding hydrogens is 401 g/mol. The van der Waals surface area contributed by atoms with Crippen LogP contribution >= 0.6 is 0 Å². The molecule has 1 aromatic heterocycles. The summed E-state index contributed by atoms with van der Waals surface area (Å²) in [6, 6.07) is 0.992. The zero-order valence-electron chi connectivity index (χ0n) is 17.8. The molecule has 0 aromatic carbocycles. The zero-order valence-corrected chi connectivity index (χ0v) is 17.8. The molecule has 3 rings (SSSR count). The lowest BCUT2D eigenvalue weighted by molar-refractivity contribution is -0.137. The highest BCUT2D eigenvalue weighted by Gasteiger charge is 2.34. The van der Waals surface area contributed by atoms with E-state index in [4.69, 9.17) is 5.41 Å². The molecule has 31 heavy (non-hydrogen) atoms. The Kier molecular flexibility index (Phi) is 7.70. The Hall–Kier alpha value is -2.84. The van der Waals surface area contributed by atoms with Crippen molar-refractivity contribution < 1.29 is 18.8 Å². The molecule has 2 aliphatic rings. The van der Waals surface area contributed by atoms with E-state index in [0.29, 0.717) is 37.2 Å². The molecule has 1 aliphatic carbocycles. The molecule has 1 aliphatic heterocycles. The number of nitrogens with zero attached hydrogens (tertiary/aromatic N) is 2. The number of pyridine rings is 1. The molecule has 168 valence electrons. The second-order valence-corrected chi connectivity index (χ2v) is 8.26. The van der Waals surface area contributed by atoms with Gasteiger partial charge in [-0.25, -0.2) is 4.39 Å². The van der Waals surface area contributed by atoms with Crippen LogP contribution in [0.5, 0.6) is 0 Å². The average Bonchev–Trinajstić information content (AvgIpc) is 3.26. The summed E-state index contributed by atoms with van der Waals surface area (Å²) < 4.78 is 14.0. The molecule has 2 amide bonds. The Bertz CT molecular complexity index is 846. The Labute approximate surface area is 181 Å². The molecule has 1 aromatic rings. The van der Waals surface area contributed by atoms with Gasteiger partial charge in [-0.15, -0.1) is 0 Å². The molecule has 0 radical (unpaired) electrons. The van der Waals surface area contributed by atoms with Crippen molar-refractivity contribution in [1.29, 1.82) is 5.41 Å². The third kappa shape index (κ3) is 5.65. The number of rotatable bonds is 8. The first kappa shape index (κ1) is 22.8. The lowest BCUT2D eigenvalue weighted by Crippen LogP contribution is -2.49. The number of carbonyl (C=O) groups excluding carboxylic acids is 3. The van der Waals surface area contributed by atoms with Crippen molar-refractivity contribution >= 4 is 29.0 Å². The summed E-state index contributed by atoms with van der Waals surface area (Å²) in [5, 5.41) is 13.7. The van der Waals surface area contributed by atoms with E-state index in [0.717, 1.165) is 25.7 Å². The van der Waals surface area contributed by atoms with E-state index in [9.17, 15) is 18.8 Å². The molecule has 0 spiro atoms. The van der Waals surface area contributed by atoms with Crippen molar-refractivity contribution in [2.24, 2.45) is 5.92 Å². The number of hydrogen-bond acceptors (Lipinski definition) is 6. The van der Waals surface area contributed by atoms with Crippen LogP contribution in [0.4, 0.5) is 10.1 Å². The highest BCUT2D eigenvalue weighted by molar-refractivity contribution is 6.45. The van der Waals surface area contributed by atoms with Crippen molar-refractivity contribution in [2.75, 3.05) is 25.0 Å². The molecule has 3 N–H and O–H groups in total. The SMILES string of the molecule is CC(=O)C(=N)c1ccncc1NCC(=O)N1CCC[C@H]1C(=O)NCC1CCCCC1F. The number of halogens is 1. The van der Waals surface area contributed by atoms with Crippen LogP contribution in [0, 0.1) is 11.3 Å². The fourth-order valence-electron chi connectivity index (χ4n) is 4.30. The van der Waals surface area contributed by atoms with Crippen LogP contribution in [0.3, 0.4) is 0 Å². The average molecular weight is 432 g/mol. The number of Topliss-reactive ketones (excluding diaryl/α,β-unsaturated/α-hetero) is 1. The summed E-state index contributed by atoms with van der Waals surface area (Å²) in [5.41, 5.74) is 0.631. The van der Waals surface area contributed by atoms with Crippen LogP contribution in [0.2, 0.25) is 0 Å². The van der Waals surface area contributed by atoms with E-state index in [1.54, 1.807) is 11.0 Å². The number of aromatic nitrogens is 1. The van der Waals surface area contributed by atoms with Crippen molar-refractivity contribution in [1.82, 2.24) is 15.2 Å². The van der Waals surface area contributed by atoms with Gasteiger partial charge in [0, 0.05) is 37.7 Å². The van der Waals surface area contributed by atoms with E-state index < -0.39 is 12.2 Å². The molecule has 3 atom stereocenters. The van der Waals surface area contributed by atoms with Crippen molar-refractivity contribution in [3.05, 3.63) is 24.0 Å². The first-order valence-corrected chi connectivity index (χ1v) is 10.9. The van der Waals surface area contributed by atoms with Crippen molar-refractivity contribution in [3.8, 4) is 0 Å². The number of likely N-dealkylation sites (tertiary alicyclic amines) is 1. The number of ketones is 1. The molecule has 8 nitrogen and oxygen atoms in total. The number of amides is 2. The van der Waals surface area contributed by atoms with Gasteiger partial charge in [0.05, 0.1) is 18.4 Å². The Morgan fingerprint density at radius 1 is 1.23 bits per heavy atom. The summed E-state index contributed by atoms with van der Waals surface area (Å²) in [7, 11) is 0. The van der Waals surface area contributed by atoms with Crippen LogP contribution < -0.4 is 10.6 Å². The third-order valence-corrected chi connectivity index (χ3v) is 6.10. The number of carbonyl (C=O) groups is 3. The minimum atomic E-state index is -0.873. The van der Waals surface area contributed by atoms with Crippen LogP contribution in [0.25, 0.3) is 0 Å². The minimum Gasteiger partial charge on any atom is -0.374 e. The van der Waals surface area contributed by atoms with Crippen LogP contribution in [0.15, 0.2) is 18.5 Å². The monoisotopic (exact) mass is 431 g/mol. The van der Waals surface area contributed by atoms with Crippen molar-refractivity contribution in [2.45, 2.75) is 57.7 Å². The highest BCUT2D eigenvalue weighted by atomic mass is 19.1. The topological polar surface area (TPSA) is 115 Å². The molecule has 9 heteroatoms. The van der Waals surface area contributed by atoms with Gasteiger partial charge >= 0.3 is 0 Å². The normalized spacial score (nSPS) is 23.3. The van der Waals surface area contributed by atoms with Gasteiger partial charge < -0.3 is 15.5 Å². The number of hydrogen-bond donors (Lipinski definition) is 3. The zero-order chi connectivity index (χ0) is 22.4. The molecule has 2 heterocycles. The minimum absolute atomic E-state index is 0.0805. The van der Waals surface area contributed by atoms with Gasteiger partial charge in [-0.1, -0.05) is 12.8 Å². The van der Waals surface area contributed by atoms with E-state index >= 15 is 0 Å². The van der Waals surface area contributed by atoms with E-state index in [1.165, 1.54) is 19.3 Å². The summed E-state index contributed by atoms with van der Waals surface area (Å²) in [6.07, 6.45) is 6.59. The van der Waals surface area contributed by atoms with Crippen LogP contribution in [-0.2, 0) is 14.4 Å². The number of nitrogens with one attached hydrogen (secondary N) is 3. The van der Waals surface area contributed by atoms with E-state index in [-0.39, 0.29) is 35.8 Å². The quantitative estimate of drug-likeness (QED) is 0.545. The summed E-state index contributed by atoms with van der Waals surface area (Å²) >= 11 is 0. The smallest absolute Gasteiger partial charge is 0.242 e. The molecule has 1 saturated carbocycles. The number of anilines is 1. The van der Waals surface area contributed by atoms with Gasteiger partial charge in [0.15, 0.2) is 5.78 Å². The predicted octanol–water partition coefficient (Wildman–Crippen LogP) is 2.09. The largest absolute Gasteiger partial charge is 0.374 e. The van der Waals surface area contributed by atoms with Crippen LogP contribution in [0.1, 0.15) is 51.0 Å². The fraction of sp³-hybridized carbons (Fsp3) is 0.591. The molecule has 2 unspecified atom stereocenters. The first-order valence-electron chi connectivity index (χ1n) is 10.9. The van der Waals surface area contributed by atoms with Gasteiger partial charge in [-0.05, 0) is 31.7 Å². The maximum atomic E-state index is 14.0. The van der Waals surface area contributed by atoms with Gasteiger partial charge in [-0.2, -0.15) is 0 Å². The second-order valence-electron chi connectivity index (χ2n) is 8.26. The van der Waals surface area contributed by atoms with Crippen molar-refractivity contribution in [3.63, 3.8) is 0 Å². The Morgan fingerprint density at radius 3 is 2.74 bits per heavy atom. The Balaban J connectivity index is 1.56. The standard InChI is InChI=1S/C22H30FN5O3/c1-14(29)21(24)16-8-9-25-12-18(16)26-13-20(30)28-10-4-7-19(28)22(31)27-11-15-5-2-3-6-17(15)23/h8-9,12,15,17,19,24,26H,2-7,10-11,13H2,1H3,(H,27,31)/t15?,17?,19-/m0/s1. The predicted molar refractivity (Wildman–Crippen MR) is 115 cm³/mol. The van der Waals surface area contributed by atoms with E-state index in [2.05, 4.69) is 15.6 Å². The van der Waals surface area contributed by atoms with Gasteiger partial charge in [0.2, 0.25) is 11.8 Å². The van der Waals surface area contributed by atoms with Gasteiger partial charge in [-0.3, -0.25) is 24.8 Å². The van der Waals surface area contributed by atoms with Gasteiger partial charge in [0.25, 0.3) is 0 Å². The molecular formula is C22H30FN5O3. The molecule has 0 bridgehead atoms. The third-order valence-electron chi connectivity index (χ3n) is 6.10. The molecule has 2 fully saturated rings. The molecule has 1 saturated heterocycles. The maximum Gasteiger partial charge on any atom is 0.242 e. The fourth-order valence-corrected chi connectivity index (χ4v) is 4.30. The number of alkyl halides is 1. The lowest BCUT2D eigenvalue weighted by Gasteiger charge is -2.28. The van der Waals surface area contributed by atoms with E-state index in [1.807, 2.05) is 0 Å². The lowest BCUT2D eigenvalue weighted by atomic mass is 9.87. The van der Waals surface area contributed by atoms with Gasteiger partial charge in [0.1, 0.15) is 17.9 Å².